The van der Waals surface area contributed by atoms with Crippen molar-refractivity contribution in [2.45, 2.75) is 25.8 Å². The molecule has 1 aromatic carbocycles. The number of aromatic amines is 1. The van der Waals surface area contributed by atoms with Gasteiger partial charge in [-0.3, -0.25) is 24.3 Å². The maximum Gasteiger partial charge on any atom is 0.326 e. The predicted molar refractivity (Wildman–Crippen MR) is 128 cm³/mol. The van der Waals surface area contributed by atoms with Crippen molar-refractivity contribution in [2.24, 2.45) is 0 Å². The topological polar surface area (TPSA) is 203 Å². The Morgan fingerprint density at radius 3 is 2.57 bits per heavy atom. The number of benzene rings is 1. The quantitative estimate of drug-likeness (QED) is 0.195. The summed E-state index contributed by atoms with van der Waals surface area (Å²) in [5.41, 5.74) is 6.77. The largest absolute Gasteiger partial charge is 0.481 e. The third-order valence-corrected chi connectivity index (χ3v) is 4.87. The molecule has 35 heavy (non-hydrogen) atoms. The Hall–Kier alpha value is -4.99. The summed E-state index contributed by atoms with van der Waals surface area (Å²) in [7, 11) is 0. The SMILES string of the molecule is CC#CN(CC1=CNc2nc(N)[nH]c(=O)c2N1)c1ccc(C(=O)N[C@@H](CCC(=O)O)C(=O)O)cc1. The van der Waals surface area contributed by atoms with E-state index in [2.05, 4.69) is 37.9 Å². The van der Waals surface area contributed by atoms with Crippen LogP contribution >= 0.6 is 0 Å². The minimum absolute atomic E-state index is 0.0148. The number of rotatable bonds is 9. The van der Waals surface area contributed by atoms with Gasteiger partial charge in [0.05, 0.1) is 12.2 Å². The van der Waals surface area contributed by atoms with E-state index in [-0.39, 0.29) is 36.6 Å². The summed E-state index contributed by atoms with van der Waals surface area (Å²) >= 11 is 0. The highest BCUT2D eigenvalue weighted by molar-refractivity contribution is 5.97. The van der Waals surface area contributed by atoms with Gasteiger partial charge in [0.2, 0.25) is 5.95 Å². The molecule has 182 valence electrons. The van der Waals surface area contributed by atoms with Crippen molar-refractivity contribution in [3.05, 3.63) is 52.1 Å². The summed E-state index contributed by atoms with van der Waals surface area (Å²) in [6.07, 6.45) is 1.00. The summed E-state index contributed by atoms with van der Waals surface area (Å²) in [6.45, 7) is 1.91. The van der Waals surface area contributed by atoms with Crippen molar-refractivity contribution < 1.29 is 24.6 Å². The molecule has 0 fully saturated rings. The number of carbonyl (C=O) groups excluding carboxylic acids is 1. The lowest BCUT2D eigenvalue weighted by Crippen LogP contribution is -2.41. The third kappa shape index (κ3) is 6.29. The molecule has 2 heterocycles. The number of H-pyrrole nitrogens is 1. The molecular weight excluding hydrogens is 458 g/mol. The Bertz CT molecular complexity index is 1290. The lowest BCUT2D eigenvalue weighted by molar-refractivity contribution is -0.140. The molecular formula is C22H23N7O6. The number of amides is 1. The summed E-state index contributed by atoms with van der Waals surface area (Å²) in [6, 6.07) is 7.87. The molecule has 0 aliphatic carbocycles. The van der Waals surface area contributed by atoms with E-state index in [1.54, 1.807) is 30.2 Å². The van der Waals surface area contributed by atoms with Crippen LogP contribution in [0.3, 0.4) is 0 Å². The Balaban J connectivity index is 1.71. The van der Waals surface area contributed by atoms with Crippen molar-refractivity contribution in [2.75, 3.05) is 27.8 Å². The second-order valence-corrected chi connectivity index (χ2v) is 7.41. The number of fused-ring (bicyclic) bond motifs is 1. The van der Waals surface area contributed by atoms with Crippen LogP contribution in [-0.2, 0) is 9.59 Å². The Kier molecular flexibility index (Phi) is 7.57. The van der Waals surface area contributed by atoms with Gasteiger partial charge in [-0.15, -0.1) is 0 Å². The second kappa shape index (κ2) is 10.8. The highest BCUT2D eigenvalue weighted by atomic mass is 16.4. The zero-order valence-electron chi connectivity index (χ0n) is 18.6. The molecule has 13 nitrogen and oxygen atoms in total. The fourth-order valence-electron chi connectivity index (χ4n) is 3.21. The number of aromatic nitrogens is 2. The van der Waals surface area contributed by atoms with E-state index in [1.807, 2.05) is 0 Å². The van der Waals surface area contributed by atoms with E-state index in [4.69, 9.17) is 10.8 Å². The molecule has 1 aromatic heterocycles. The van der Waals surface area contributed by atoms with Gasteiger partial charge in [0.25, 0.3) is 11.5 Å². The van der Waals surface area contributed by atoms with Gasteiger partial charge < -0.3 is 31.9 Å². The Morgan fingerprint density at radius 1 is 1.23 bits per heavy atom. The number of hydrogen-bond acceptors (Lipinski definition) is 9. The molecule has 0 saturated carbocycles. The molecule has 1 aliphatic heterocycles. The number of nitrogen functional groups attached to an aromatic ring is 1. The standard InChI is InChI=1S/C22H23N7O6/c1-2-9-29(11-13-10-24-18-17(25-13)20(33)28-22(23)27-18)14-5-3-12(4-6-14)19(32)26-15(21(34)35)7-8-16(30)31/h3-6,10,15,25H,7-8,11H2,1H3,(H,26,32)(H,30,31)(H,34,35)(H4,23,24,27,28,33)/t15-/m0/s1. The fourth-order valence-corrected chi connectivity index (χ4v) is 3.21. The lowest BCUT2D eigenvalue weighted by atomic mass is 10.1. The van der Waals surface area contributed by atoms with Crippen LogP contribution in [0.1, 0.15) is 30.1 Å². The van der Waals surface area contributed by atoms with Gasteiger partial charge in [-0.25, -0.2) is 4.79 Å². The van der Waals surface area contributed by atoms with Gasteiger partial charge in [0.1, 0.15) is 11.7 Å². The summed E-state index contributed by atoms with van der Waals surface area (Å²) in [5, 5.41) is 26.2. The van der Waals surface area contributed by atoms with Gasteiger partial charge in [-0.05, 0) is 37.6 Å². The molecule has 1 amide bonds. The van der Waals surface area contributed by atoms with Gasteiger partial charge in [0.15, 0.2) is 5.82 Å². The van der Waals surface area contributed by atoms with Crippen LogP contribution < -0.4 is 32.1 Å². The van der Waals surface area contributed by atoms with Crippen molar-refractivity contribution in [3.63, 3.8) is 0 Å². The Labute approximate surface area is 199 Å². The van der Waals surface area contributed by atoms with Crippen molar-refractivity contribution in [1.82, 2.24) is 15.3 Å². The maximum absolute atomic E-state index is 12.5. The van der Waals surface area contributed by atoms with Crippen molar-refractivity contribution in [1.29, 1.82) is 0 Å². The number of anilines is 4. The third-order valence-electron chi connectivity index (χ3n) is 4.87. The number of carboxylic acid groups (broad SMARTS) is 2. The Morgan fingerprint density at radius 2 is 1.94 bits per heavy atom. The molecule has 0 bridgehead atoms. The first-order chi connectivity index (χ1) is 16.7. The van der Waals surface area contributed by atoms with Gasteiger partial charge in [-0.1, -0.05) is 5.92 Å². The number of carbonyl (C=O) groups is 3. The number of nitrogens with zero attached hydrogens (tertiary/aromatic N) is 2. The van der Waals surface area contributed by atoms with Crippen LogP contribution in [0.2, 0.25) is 0 Å². The molecule has 1 atom stereocenters. The lowest BCUT2D eigenvalue weighted by Gasteiger charge is -2.24. The molecule has 0 saturated heterocycles. The molecule has 0 unspecified atom stereocenters. The summed E-state index contributed by atoms with van der Waals surface area (Å²) in [4.78, 5) is 54.8. The molecule has 8 N–H and O–H groups in total. The first-order valence-corrected chi connectivity index (χ1v) is 10.4. The van der Waals surface area contributed by atoms with Gasteiger partial charge >= 0.3 is 11.9 Å². The van der Waals surface area contributed by atoms with Crippen LogP contribution in [0.15, 0.2) is 41.0 Å². The highest BCUT2D eigenvalue weighted by Crippen LogP contribution is 2.23. The molecule has 3 rings (SSSR count). The zero-order chi connectivity index (χ0) is 25.5. The molecule has 0 radical (unpaired) electrons. The highest BCUT2D eigenvalue weighted by Gasteiger charge is 2.22. The van der Waals surface area contributed by atoms with Crippen LogP contribution in [0.5, 0.6) is 0 Å². The smallest absolute Gasteiger partial charge is 0.326 e. The van der Waals surface area contributed by atoms with E-state index in [9.17, 15) is 24.3 Å². The summed E-state index contributed by atoms with van der Waals surface area (Å²) in [5.74, 6) is -0.0379. The number of aliphatic carboxylic acids is 2. The molecule has 13 heteroatoms. The molecule has 2 aromatic rings. The van der Waals surface area contributed by atoms with Gasteiger partial charge in [-0.2, -0.15) is 4.98 Å². The van der Waals surface area contributed by atoms with Gasteiger partial charge in [0, 0.05) is 29.9 Å². The average Bonchev–Trinajstić information content (AvgIpc) is 2.81. The first kappa shape index (κ1) is 24.6. The van der Waals surface area contributed by atoms with Crippen molar-refractivity contribution in [3.8, 4) is 12.0 Å². The van der Waals surface area contributed by atoms with E-state index < -0.39 is 29.4 Å². The van der Waals surface area contributed by atoms with E-state index in [1.165, 1.54) is 12.1 Å². The minimum Gasteiger partial charge on any atom is -0.481 e. The molecule has 1 aliphatic rings. The van der Waals surface area contributed by atoms with Crippen molar-refractivity contribution >= 4 is 41.0 Å². The molecule has 0 spiro atoms. The van der Waals surface area contributed by atoms with Crippen LogP contribution in [0, 0.1) is 12.0 Å². The fraction of sp³-hybridized carbons (Fsp3) is 0.227. The number of nitrogens with two attached hydrogens (primary N) is 1. The monoisotopic (exact) mass is 481 g/mol. The van der Waals surface area contributed by atoms with E-state index in [0.29, 0.717) is 17.2 Å². The first-order valence-electron chi connectivity index (χ1n) is 10.4. The number of carboxylic acids is 2. The zero-order valence-corrected chi connectivity index (χ0v) is 18.6. The number of hydrogen-bond donors (Lipinski definition) is 7. The minimum atomic E-state index is -1.33. The van der Waals surface area contributed by atoms with Crippen LogP contribution in [0.25, 0.3) is 0 Å². The van der Waals surface area contributed by atoms with Crippen LogP contribution in [0.4, 0.5) is 23.1 Å². The average molecular weight is 481 g/mol. The van der Waals surface area contributed by atoms with E-state index >= 15 is 0 Å². The summed E-state index contributed by atoms with van der Waals surface area (Å²) < 4.78 is 0. The van der Waals surface area contributed by atoms with Crippen LogP contribution in [-0.4, -0.2) is 50.6 Å². The maximum atomic E-state index is 12.5. The second-order valence-electron chi connectivity index (χ2n) is 7.41. The number of nitrogens with one attached hydrogen (secondary N) is 4. The predicted octanol–water partition coefficient (Wildman–Crippen LogP) is 0.566. The van der Waals surface area contributed by atoms with E-state index in [0.717, 1.165) is 0 Å². The normalized spacial score (nSPS) is 12.4.